The van der Waals surface area contributed by atoms with Crippen molar-refractivity contribution >= 4 is 69.0 Å². The normalized spacial score (nSPS) is 13.9. The number of phenolic OH excluding ortho intramolecular Hbond substituents is 1. The van der Waals surface area contributed by atoms with Crippen molar-refractivity contribution in [3.8, 4) is 5.75 Å². The molecule has 0 spiro atoms. The Balaban J connectivity index is 1.04. The number of para-hydroxylation sites is 1. The Morgan fingerprint density at radius 3 is 1.41 bits per heavy atom. The maximum Gasteiger partial charge on any atom is 0.326 e. The summed E-state index contributed by atoms with van der Waals surface area (Å²) in [5, 5.41) is 42.9. The van der Waals surface area contributed by atoms with Gasteiger partial charge in [-0.15, -0.1) is 0 Å². The van der Waals surface area contributed by atoms with Crippen LogP contribution in [0.1, 0.15) is 66.5 Å². The number of aromatic hydroxyl groups is 1. The van der Waals surface area contributed by atoms with E-state index in [9.17, 15) is 39.0 Å². The minimum absolute atomic E-state index is 0.0205. The number of phenols is 1. The van der Waals surface area contributed by atoms with Gasteiger partial charge in [0.05, 0.1) is 6.04 Å². The van der Waals surface area contributed by atoms with Gasteiger partial charge in [-0.1, -0.05) is 178 Å². The van der Waals surface area contributed by atoms with Gasteiger partial charge in [0, 0.05) is 49.2 Å². The van der Waals surface area contributed by atoms with Crippen LogP contribution in [-0.4, -0.2) is 117 Å². The number of carbonyl (C=O) groups is 8. The molecule has 0 aliphatic rings. The molecule has 7 amide bonds. The summed E-state index contributed by atoms with van der Waals surface area (Å²) in [5.74, 6) is -7.10. The zero-order valence-electron chi connectivity index (χ0n) is 51.0. The fourth-order valence-electron chi connectivity index (χ4n) is 10.9. The summed E-state index contributed by atoms with van der Waals surface area (Å²) in [4.78, 5) is 118. The van der Waals surface area contributed by atoms with Crippen LogP contribution in [-0.2, 0) is 76.9 Å². The summed E-state index contributed by atoms with van der Waals surface area (Å²) in [5.41, 5.74) is 17.1. The van der Waals surface area contributed by atoms with E-state index in [0.717, 1.165) is 27.2 Å². The molecule has 7 aromatic carbocycles. The van der Waals surface area contributed by atoms with Crippen molar-refractivity contribution in [2.24, 2.45) is 17.4 Å². The van der Waals surface area contributed by atoms with Crippen molar-refractivity contribution in [1.82, 2.24) is 42.2 Å². The summed E-state index contributed by atoms with van der Waals surface area (Å²) in [6.07, 6.45) is 2.44. The highest BCUT2D eigenvalue weighted by Crippen LogP contribution is 2.22. The third kappa shape index (κ3) is 19.7. The Kier molecular flexibility index (Phi) is 24.1. The second-order valence-electron chi connectivity index (χ2n) is 23.2. The molecule has 0 saturated heterocycles. The molecule has 0 fully saturated rings. The van der Waals surface area contributed by atoms with Crippen molar-refractivity contribution in [1.29, 1.82) is 0 Å². The van der Waals surface area contributed by atoms with Gasteiger partial charge in [-0.3, -0.25) is 33.6 Å². The number of aliphatic carboxylic acids is 1. The Hall–Kier alpha value is -10.2. The van der Waals surface area contributed by atoms with E-state index in [0.29, 0.717) is 40.7 Å². The highest BCUT2D eigenvalue weighted by molar-refractivity contribution is 5.98. The molecular weight excluding hydrogens is 1150 g/mol. The first-order valence-electron chi connectivity index (χ1n) is 30.6. The number of amides is 7. The zero-order chi connectivity index (χ0) is 64.8. The largest absolute Gasteiger partial charge is 0.508 e. The van der Waals surface area contributed by atoms with E-state index in [1.165, 1.54) is 12.1 Å². The lowest BCUT2D eigenvalue weighted by atomic mass is 9.98. The molecule has 1 heterocycles. The molecule has 14 N–H and O–H groups in total. The number of hydrogen-bond acceptors (Lipinski definition) is 11. The second kappa shape index (κ2) is 32.9. The number of hydrogen-bond donors (Lipinski definition) is 12. The van der Waals surface area contributed by atoms with Gasteiger partial charge >= 0.3 is 5.97 Å². The molecule has 1 aromatic heterocycles. The van der Waals surface area contributed by atoms with E-state index in [2.05, 4.69) is 42.2 Å². The summed E-state index contributed by atoms with van der Waals surface area (Å²) in [6, 6.07) is 43.2. The van der Waals surface area contributed by atoms with Crippen LogP contribution in [0, 0.1) is 5.92 Å². The fraction of sp³-hybridized carbons (Fsp3) is 0.296. The number of nitrogens with one attached hydrogen (secondary N) is 8. The third-order valence-electron chi connectivity index (χ3n) is 15.9. The van der Waals surface area contributed by atoms with Crippen molar-refractivity contribution in [2.45, 2.75) is 120 Å². The minimum atomic E-state index is -1.41. The highest BCUT2D eigenvalue weighted by Gasteiger charge is 2.36. The first kappa shape index (κ1) is 66.8. The third-order valence-corrected chi connectivity index (χ3v) is 15.9. The summed E-state index contributed by atoms with van der Waals surface area (Å²) >= 11 is 0. The lowest BCUT2D eigenvalue weighted by Gasteiger charge is -2.29. The van der Waals surface area contributed by atoms with Crippen LogP contribution in [0.5, 0.6) is 5.75 Å². The van der Waals surface area contributed by atoms with E-state index in [1.807, 2.05) is 97.1 Å². The Morgan fingerprint density at radius 1 is 0.429 bits per heavy atom. The van der Waals surface area contributed by atoms with Crippen LogP contribution < -0.4 is 48.7 Å². The molecule has 8 aromatic rings. The van der Waals surface area contributed by atoms with Gasteiger partial charge in [-0.2, -0.15) is 0 Å². The predicted octanol–water partition coefficient (Wildman–Crippen LogP) is 5.37. The fourth-order valence-corrected chi connectivity index (χ4v) is 10.9. The standard InChI is InChI=1S/C71H80N10O10/c1-44(2)63(70(89)79-60(39-47-22-10-5-11-23-47)68(87)80-62(71(90)91)41-49-29-32-50-24-12-13-25-51(50)36-49)81-65(84)57(28-16-17-35-72)75-69(88)61(42-52-43-74-56-27-15-14-26-54(52)56)78-67(86)59(40-48-30-33-53(82)34-31-48)77-66(85)58(38-46-20-8-4-9-21-46)76-64(83)55(73)37-45-18-6-3-7-19-45/h3-15,18-27,29-34,36,43-44,55,57-63,74,82H,16-17,28,35,37-42,72-73H2,1-2H3,(H,75,88)(H,76,83)(H,77,85)(H,78,86)(H,79,89)(H,80,87)(H,81,84)(H,90,91)/t55-,57+,58+,59+,60+,61-,62+,63+/m1/s1. The lowest BCUT2D eigenvalue weighted by molar-refractivity contribution is -0.142. The number of carboxylic acids is 1. The summed E-state index contributed by atoms with van der Waals surface area (Å²) in [7, 11) is 0. The van der Waals surface area contributed by atoms with Crippen LogP contribution in [0.15, 0.2) is 188 Å². The molecule has 0 radical (unpaired) electrons. The maximum absolute atomic E-state index is 15.1. The second-order valence-corrected chi connectivity index (χ2v) is 23.2. The summed E-state index contributed by atoms with van der Waals surface area (Å²) < 4.78 is 0. The van der Waals surface area contributed by atoms with Crippen LogP contribution in [0.25, 0.3) is 21.7 Å². The van der Waals surface area contributed by atoms with Gasteiger partial charge in [0.15, 0.2) is 0 Å². The van der Waals surface area contributed by atoms with Crippen LogP contribution >= 0.6 is 0 Å². The molecule has 8 atom stereocenters. The van der Waals surface area contributed by atoms with Crippen LogP contribution in [0.4, 0.5) is 0 Å². The number of H-pyrrole nitrogens is 1. The molecule has 0 saturated carbocycles. The number of carbonyl (C=O) groups excluding carboxylic acids is 7. The number of nitrogens with two attached hydrogens (primary N) is 2. The van der Waals surface area contributed by atoms with Gasteiger partial charge < -0.3 is 63.9 Å². The molecule has 0 unspecified atom stereocenters. The van der Waals surface area contributed by atoms with Gasteiger partial charge in [0.1, 0.15) is 48.0 Å². The number of aromatic amines is 1. The Labute approximate surface area is 528 Å². The maximum atomic E-state index is 15.1. The number of fused-ring (bicyclic) bond motifs is 2. The topological polar surface area (TPSA) is 329 Å². The zero-order valence-corrected chi connectivity index (χ0v) is 51.0. The average molecular weight is 1230 g/mol. The van der Waals surface area contributed by atoms with Crippen molar-refractivity contribution < 1.29 is 48.6 Å². The van der Waals surface area contributed by atoms with E-state index in [1.54, 1.807) is 92.8 Å². The first-order chi connectivity index (χ1) is 43.9. The van der Waals surface area contributed by atoms with E-state index in [-0.39, 0.29) is 57.2 Å². The molecular formula is C71H80N10O10. The van der Waals surface area contributed by atoms with Crippen molar-refractivity contribution in [3.05, 3.63) is 222 Å². The molecule has 20 nitrogen and oxygen atoms in total. The molecule has 474 valence electrons. The summed E-state index contributed by atoms with van der Waals surface area (Å²) in [6.45, 7) is 3.66. The Morgan fingerprint density at radius 2 is 0.857 bits per heavy atom. The van der Waals surface area contributed by atoms with Crippen LogP contribution in [0.2, 0.25) is 0 Å². The minimum Gasteiger partial charge on any atom is -0.508 e. The van der Waals surface area contributed by atoms with Crippen molar-refractivity contribution in [3.63, 3.8) is 0 Å². The van der Waals surface area contributed by atoms with E-state index >= 15 is 9.59 Å². The first-order valence-corrected chi connectivity index (χ1v) is 30.6. The van der Waals surface area contributed by atoms with E-state index < -0.39 is 102 Å². The van der Waals surface area contributed by atoms with Gasteiger partial charge in [-0.25, -0.2) is 4.79 Å². The lowest BCUT2D eigenvalue weighted by Crippen LogP contribution is -2.61. The van der Waals surface area contributed by atoms with E-state index in [4.69, 9.17) is 11.5 Å². The average Bonchev–Trinajstić information content (AvgIpc) is 2.26. The van der Waals surface area contributed by atoms with Crippen molar-refractivity contribution in [2.75, 3.05) is 6.54 Å². The number of carboxylic acid groups (broad SMARTS) is 1. The number of benzene rings is 7. The highest BCUT2D eigenvalue weighted by atomic mass is 16.4. The molecule has 0 aliphatic carbocycles. The van der Waals surface area contributed by atoms with Gasteiger partial charge in [0.2, 0.25) is 41.4 Å². The smallest absolute Gasteiger partial charge is 0.326 e. The molecule has 0 aliphatic heterocycles. The predicted molar refractivity (Wildman–Crippen MR) is 349 cm³/mol. The van der Waals surface area contributed by atoms with Gasteiger partial charge in [-0.05, 0) is 100 Å². The molecule has 20 heteroatoms. The molecule has 0 bridgehead atoms. The monoisotopic (exact) mass is 1230 g/mol. The number of aromatic nitrogens is 1. The Bertz CT molecular complexity index is 3750. The molecule has 91 heavy (non-hydrogen) atoms. The quantitative estimate of drug-likeness (QED) is 0.0237. The van der Waals surface area contributed by atoms with Gasteiger partial charge in [0.25, 0.3) is 0 Å². The van der Waals surface area contributed by atoms with Crippen LogP contribution in [0.3, 0.4) is 0 Å². The molecule has 8 rings (SSSR count). The SMILES string of the molecule is CC(C)[C@H](NC(=O)[C@H](CCCCN)NC(=O)[C@@H](Cc1c[nH]c2ccccc12)NC(=O)[C@H](Cc1ccc(O)cc1)NC(=O)[C@H](Cc1ccccc1)NC(=O)[C@H](N)Cc1ccccc1)C(=O)N[C@@H](Cc1ccccc1)C(=O)N[C@@H](Cc1ccc2ccccc2c1)C(=O)O. The number of rotatable bonds is 32. The number of unbranched alkanes of at least 4 members (excludes halogenated alkanes) is 1.